The summed E-state index contributed by atoms with van der Waals surface area (Å²) in [6, 6.07) is 0. The van der Waals surface area contributed by atoms with E-state index in [1.54, 1.807) is 6.92 Å². The highest BCUT2D eigenvalue weighted by Crippen LogP contribution is 1.88. The molecule has 0 amide bonds. The molecule has 0 radical (unpaired) electrons. The fraction of sp³-hybridized carbons (Fsp3) is 1.00. The predicted octanol–water partition coefficient (Wildman–Crippen LogP) is 0.327. The summed E-state index contributed by atoms with van der Waals surface area (Å²) in [5, 5.41) is 8.37. The third-order valence-electron chi connectivity index (χ3n) is 0.385. The monoisotopic (exact) mass is 168 g/mol. The Morgan fingerprint density at radius 3 is 2.57 bits per heavy atom. The van der Waals surface area contributed by atoms with E-state index in [1.165, 1.54) is 0 Å². The maximum absolute atomic E-state index is 8.37. The average Bonchev–Trinajstić information content (AvgIpc) is 1.68. The molecule has 42 valence electrons. The standard InChI is InChI=1S/C2H6BBrO3/c1-2-6-3(5)7-4/h5H,2H2,1H3. The Hall–Kier alpha value is 0.425. The molecule has 0 spiro atoms. The van der Waals surface area contributed by atoms with Crippen molar-refractivity contribution in [3.8, 4) is 0 Å². The van der Waals surface area contributed by atoms with Crippen molar-refractivity contribution in [1.82, 2.24) is 0 Å². The summed E-state index contributed by atoms with van der Waals surface area (Å²) in [5.74, 6) is 0. The fourth-order valence-corrected chi connectivity index (χ4v) is 0.276. The van der Waals surface area contributed by atoms with Crippen LogP contribution in [0.25, 0.3) is 0 Å². The largest absolute Gasteiger partial charge is 0.647 e. The Bertz CT molecular complexity index is 43.9. The second-order valence-electron chi connectivity index (χ2n) is 0.851. The summed E-state index contributed by atoms with van der Waals surface area (Å²) in [4.78, 5) is 0. The zero-order chi connectivity index (χ0) is 5.70. The molecular weight excluding hydrogens is 163 g/mol. The van der Waals surface area contributed by atoms with Crippen LogP contribution in [0.1, 0.15) is 6.92 Å². The molecule has 1 N–H and O–H groups in total. The summed E-state index contributed by atoms with van der Waals surface area (Å²) < 4.78 is 8.61. The van der Waals surface area contributed by atoms with Gasteiger partial charge in [0.1, 0.15) is 0 Å². The van der Waals surface area contributed by atoms with Gasteiger partial charge in [0.2, 0.25) is 0 Å². The van der Waals surface area contributed by atoms with Crippen molar-refractivity contribution in [3.05, 3.63) is 0 Å². The van der Waals surface area contributed by atoms with Gasteiger partial charge in [0.15, 0.2) is 0 Å². The normalized spacial score (nSPS) is 9.00. The lowest BCUT2D eigenvalue weighted by atomic mass is 10.3. The average molecular weight is 169 g/mol. The summed E-state index contributed by atoms with van der Waals surface area (Å²) in [7, 11) is -1.13. The Labute approximate surface area is 51.2 Å². The van der Waals surface area contributed by atoms with E-state index >= 15 is 0 Å². The molecule has 0 aromatic heterocycles. The number of rotatable bonds is 3. The maximum atomic E-state index is 8.37. The van der Waals surface area contributed by atoms with E-state index in [9.17, 15) is 0 Å². The zero-order valence-electron chi connectivity index (χ0n) is 3.93. The first kappa shape index (κ1) is 7.42. The molecule has 0 heterocycles. The Morgan fingerprint density at radius 2 is 2.43 bits per heavy atom. The predicted molar refractivity (Wildman–Crippen MR) is 29.6 cm³/mol. The van der Waals surface area contributed by atoms with Gasteiger partial charge in [-0.25, -0.2) is 0 Å². The van der Waals surface area contributed by atoms with Crippen molar-refractivity contribution in [2.24, 2.45) is 0 Å². The second kappa shape index (κ2) is 4.58. The second-order valence-corrected chi connectivity index (χ2v) is 1.23. The minimum atomic E-state index is -1.13. The first-order valence-corrected chi connectivity index (χ1v) is 2.53. The molecule has 0 atom stereocenters. The highest BCUT2D eigenvalue weighted by atomic mass is 79.9. The maximum Gasteiger partial charge on any atom is 0.647 e. The van der Waals surface area contributed by atoms with Gasteiger partial charge >= 0.3 is 7.32 Å². The van der Waals surface area contributed by atoms with Crippen molar-refractivity contribution >= 4 is 23.6 Å². The molecular formula is C2H6BBrO3. The first-order chi connectivity index (χ1) is 3.31. The van der Waals surface area contributed by atoms with Gasteiger partial charge in [-0.3, -0.25) is 0 Å². The molecule has 0 aliphatic carbocycles. The van der Waals surface area contributed by atoms with E-state index in [4.69, 9.17) is 5.02 Å². The van der Waals surface area contributed by atoms with Crippen molar-refractivity contribution < 1.29 is 13.4 Å². The number of hydrogen-bond donors (Lipinski definition) is 1. The van der Waals surface area contributed by atoms with Gasteiger partial charge in [-0.05, 0) is 6.92 Å². The van der Waals surface area contributed by atoms with Gasteiger partial charge in [-0.2, -0.15) is 0 Å². The molecule has 0 bridgehead atoms. The molecule has 0 saturated carbocycles. The van der Waals surface area contributed by atoms with Gasteiger partial charge in [0.05, 0.1) is 16.3 Å². The SMILES string of the molecule is CCOB(O)OBr. The highest BCUT2D eigenvalue weighted by molar-refractivity contribution is 9.06. The minimum Gasteiger partial charge on any atom is -0.401 e. The zero-order valence-corrected chi connectivity index (χ0v) is 5.51. The topological polar surface area (TPSA) is 38.7 Å². The Kier molecular flexibility index (Phi) is 4.86. The molecule has 0 aliphatic heterocycles. The van der Waals surface area contributed by atoms with Crippen LogP contribution in [0.15, 0.2) is 0 Å². The van der Waals surface area contributed by atoms with Crippen LogP contribution < -0.4 is 0 Å². The summed E-state index contributed by atoms with van der Waals surface area (Å²) in [5.41, 5.74) is 0. The van der Waals surface area contributed by atoms with Gasteiger partial charge in [-0.15, -0.1) is 0 Å². The lowest BCUT2D eigenvalue weighted by Gasteiger charge is -1.96. The molecule has 0 unspecified atom stereocenters. The van der Waals surface area contributed by atoms with E-state index in [-0.39, 0.29) is 0 Å². The fourth-order valence-electron chi connectivity index (χ4n) is 0.168. The minimum absolute atomic E-state index is 0.437. The van der Waals surface area contributed by atoms with E-state index in [0.29, 0.717) is 6.61 Å². The molecule has 0 saturated heterocycles. The molecule has 0 fully saturated rings. The molecule has 0 aromatic rings. The van der Waals surface area contributed by atoms with Crippen LogP contribution in [0.3, 0.4) is 0 Å². The van der Waals surface area contributed by atoms with Crippen LogP contribution in [0.2, 0.25) is 0 Å². The van der Waals surface area contributed by atoms with Gasteiger partial charge in [0, 0.05) is 6.61 Å². The van der Waals surface area contributed by atoms with Crippen LogP contribution >= 0.6 is 16.3 Å². The smallest absolute Gasteiger partial charge is 0.401 e. The van der Waals surface area contributed by atoms with Crippen LogP contribution in [0, 0.1) is 0 Å². The quantitative estimate of drug-likeness (QED) is 0.618. The molecule has 5 heteroatoms. The molecule has 0 aliphatic rings. The van der Waals surface area contributed by atoms with Crippen LogP contribution in [-0.4, -0.2) is 19.0 Å². The molecule has 7 heavy (non-hydrogen) atoms. The highest BCUT2D eigenvalue weighted by Gasteiger charge is 2.11. The third-order valence-corrected chi connectivity index (χ3v) is 0.705. The van der Waals surface area contributed by atoms with E-state index in [1.807, 2.05) is 0 Å². The summed E-state index contributed by atoms with van der Waals surface area (Å²) >= 11 is 2.54. The van der Waals surface area contributed by atoms with Crippen molar-refractivity contribution in [1.29, 1.82) is 0 Å². The Morgan fingerprint density at radius 1 is 1.86 bits per heavy atom. The number of hydrogen-bond acceptors (Lipinski definition) is 3. The van der Waals surface area contributed by atoms with Crippen LogP contribution in [0.4, 0.5) is 0 Å². The van der Waals surface area contributed by atoms with E-state index < -0.39 is 7.32 Å². The van der Waals surface area contributed by atoms with Gasteiger partial charge < -0.3 is 13.4 Å². The summed E-state index contributed by atoms with van der Waals surface area (Å²) in [6.45, 7) is 2.20. The van der Waals surface area contributed by atoms with E-state index in [2.05, 4.69) is 24.7 Å². The summed E-state index contributed by atoms with van der Waals surface area (Å²) in [6.07, 6.45) is 0. The first-order valence-electron chi connectivity index (χ1n) is 1.88. The van der Waals surface area contributed by atoms with Gasteiger partial charge in [0.25, 0.3) is 0 Å². The third kappa shape index (κ3) is 4.27. The van der Waals surface area contributed by atoms with Crippen molar-refractivity contribution in [2.75, 3.05) is 6.61 Å². The van der Waals surface area contributed by atoms with Crippen LogP contribution in [0.5, 0.6) is 0 Å². The van der Waals surface area contributed by atoms with Crippen LogP contribution in [-0.2, 0) is 8.40 Å². The van der Waals surface area contributed by atoms with Gasteiger partial charge in [-0.1, -0.05) is 0 Å². The number of halogens is 1. The lowest BCUT2D eigenvalue weighted by molar-refractivity contribution is 0.219. The van der Waals surface area contributed by atoms with E-state index in [0.717, 1.165) is 0 Å². The molecule has 0 rings (SSSR count). The van der Waals surface area contributed by atoms with Crippen molar-refractivity contribution in [2.45, 2.75) is 6.92 Å². The molecule has 0 aromatic carbocycles. The Balaban J connectivity index is 2.83. The molecule has 3 nitrogen and oxygen atoms in total. The van der Waals surface area contributed by atoms with Crippen molar-refractivity contribution in [3.63, 3.8) is 0 Å². The lowest BCUT2D eigenvalue weighted by Crippen LogP contribution is -2.17.